The van der Waals surface area contributed by atoms with Gasteiger partial charge in [-0.3, -0.25) is 0 Å². The maximum atomic E-state index is 9.27. The van der Waals surface area contributed by atoms with Gasteiger partial charge in [-0.1, -0.05) is 11.6 Å². The van der Waals surface area contributed by atoms with Crippen LogP contribution in [-0.2, 0) is 0 Å². The second-order valence-corrected chi connectivity index (χ2v) is 7.50. The van der Waals surface area contributed by atoms with Gasteiger partial charge in [0.15, 0.2) is 5.82 Å². The number of H-pyrrole nitrogens is 2. The summed E-state index contributed by atoms with van der Waals surface area (Å²) in [6, 6.07) is 13.4. The molecule has 0 spiro atoms. The molecule has 2 aliphatic rings. The van der Waals surface area contributed by atoms with Crippen molar-refractivity contribution in [1.82, 2.24) is 29.7 Å². The highest BCUT2D eigenvalue weighted by molar-refractivity contribution is 9.10. The van der Waals surface area contributed by atoms with E-state index in [0.29, 0.717) is 5.82 Å². The standard InChI is InChI=1S/C7H5BrN2O.C7H5ClN2.C7H6N2/c8-6-3-5-1-2-9-7(5)10(11)4-6;8-6-2-4-10-7-5(6)1-3-9-7;1-2-6-3-5-9-7(6)8-4-1/h1-4,11H;1-4H,(H,9,10);1-5H,(H,8,9). The monoisotopic (exact) mass is 482 g/mol. The number of nitrogens with one attached hydrogen (secondary N) is 2. The predicted molar refractivity (Wildman–Crippen MR) is 121 cm³/mol. The molecule has 0 radical (unpaired) electrons. The summed E-state index contributed by atoms with van der Waals surface area (Å²) in [5.41, 5.74) is 2.71. The van der Waals surface area contributed by atoms with Gasteiger partial charge in [0.05, 0.1) is 11.2 Å². The van der Waals surface area contributed by atoms with Crippen molar-refractivity contribution in [1.29, 1.82) is 0 Å². The molecule has 0 atom stereocenters. The summed E-state index contributed by atoms with van der Waals surface area (Å²) in [4.78, 5) is 18.1. The van der Waals surface area contributed by atoms with Crippen LogP contribution in [-0.4, -0.2) is 34.9 Å². The highest BCUT2D eigenvalue weighted by Gasteiger charge is 2.07. The van der Waals surface area contributed by atoms with Crippen LogP contribution < -0.4 is 0 Å². The number of rotatable bonds is 0. The number of pyridine rings is 3. The van der Waals surface area contributed by atoms with E-state index >= 15 is 0 Å². The van der Waals surface area contributed by atoms with Crippen molar-refractivity contribution < 1.29 is 5.21 Å². The van der Waals surface area contributed by atoms with Crippen molar-refractivity contribution >= 4 is 49.6 Å². The van der Waals surface area contributed by atoms with Crippen LogP contribution in [0.3, 0.4) is 0 Å². The minimum absolute atomic E-state index is 0.577. The van der Waals surface area contributed by atoms with Gasteiger partial charge in [0, 0.05) is 51.8 Å². The van der Waals surface area contributed by atoms with E-state index in [1.54, 1.807) is 30.9 Å². The van der Waals surface area contributed by atoms with Gasteiger partial charge >= 0.3 is 0 Å². The summed E-state index contributed by atoms with van der Waals surface area (Å²) >= 11 is 9.10. The highest BCUT2D eigenvalue weighted by Crippen LogP contribution is 2.23. The quantitative estimate of drug-likeness (QED) is 0.239. The Labute approximate surface area is 184 Å². The summed E-state index contributed by atoms with van der Waals surface area (Å²) in [5.74, 6) is 0.577. The molecule has 0 fully saturated rings. The first-order valence-electron chi connectivity index (χ1n) is 8.89. The van der Waals surface area contributed by atoms with Gasteiger partial charge in [0.1, 0.15) is 11.3 Å². The first kappa shape index (κ1) is 19.9. The molecular formula is C21H16BrClN6O. The normalized spacial score (nSPS) is 10.5. The fourth-order valence-corrected chi connectivity index (χ4v) is 3.46. The molecule has 0 unspecified atom stereocenters. The van der Waals surface area contributed by atoms with Gasteiger partial charge in [0.25, 0.3) is 0 Å². The first-order chi connectivity index (χ1) is 14.6. The summed E-state index contributed by atoms with van der Waals surface area (Å²) < 4.78 is 1.83. The Hall–Kier alpha value is -3.36. The second-order valence-electron chi connectivity index (χ2n) is 6.18. The molecule has 150 valence electrons. The Morgan fingerprint density at radius 2 is 1.67 bits per heavy atom. The van der Waals surface area contributed by atoms with Crippen LogP contribution in [0.2, 0.25) is 5.02 Å². The maximum Gasteiger partial charge on any atom is 0.175 e. The molecule has 0 saturated heterocycles. The molecule has 0 aliphatic carbocycles. The molecule has 0 amide bonds. The molecule has 0 aromatic carbocycles. The van der Waals surface area contributed by atoms with E-state index in [1.165, 1.54) is 0 Å². The zero-order chi connectivity index (χ0) is 20.9. The predicted octanol–water partition coefficient (Wildman–Crippen LogP) is 5.77. The number of aromatic amines is 2. The van der Waals surface area contributed by atoms with Gasteiger partial charge in [-0.05, 0) is 58.4 Å². The van der Waals surface area contributed by atoms with E-state index in [9.17, 15) is 5.21 Å². The molecule has 4 aromatic heterocycles. The van der Waals surface area contributed by atoms with E-state index in [0.717, 1.165) is 41.9 Å². The molecule has 0 bridgehead atoms. The van der Waals surface area contributed by atoms with Crippen molar-refractivity contribution in [2.45, 2.75) is 0 Å². The van der Waals surface area contributed by atoms with Crippen molar-refractivity contribution in [3.05, 3.63) is 89.1 Å². The molecule has 0 saturated carbocycles. The van der Waals surface area contributed by atoms with Crippen LogP contribution in [0.25, 0.3) is 33.5 Å². The molecule has 3 N–H and O–H groups in total. The third-order valence-corrected chi connectivity index (χ3v) is 4.96. The van der Waals surface area contributed by atoms with Crippen LogP contribution in [0, 0.1) is 0 Å². The third kappa shape index (κ3) is 4.45. The fraction of sp³-hybridized carbons (Fsp3) is 0. The number of halogens is 2. The number of aromatic nitrogens is 6. The van der Waals surface area contributed by atoms with Crippen LogP contribution in [0.4, 0.5) is 0 Å². The van der Waals surface area contributed by atoms with E-state index in [2.05, 4.69) is 40.8 Å². The largest absolute Gasteiger partial charge is 0.427 e. The second kappa shape index (κ2) is 8.98. The van der Waals surface area contributed by atoms with E-state index in [-0.39, 0.29) is 0 Å². The highest BCUT2D eigenvalue weighted by atomic mass is 79.9. The Kier molecular flexibility index (Phi) is 5.97. The van der Waals surface area contributed by atoms with Gasteiger partial charge in [0.2, 0.25) is 0 Å². The molecule has 6 heterocycles. The molecule has 6 rings (SSSR count). The average molecular weight is 484 g/mol. The lowest BCUT2D eigenvalue weighted by Crippen LogP contribution is -1.97. The van der Waals surface area contributed by atoms with E-state index in [1.807, 2.05) is 48.8 Å². The zero-order valence-electron chi connectivity index (χ0n) is 15.5. The van der Waals surface area contributed by atoms with Gasteiger partial charge < -0.3 is 15.2 Å². The van der Waals surface area contributed by atoms with Gasteiger partial charge in [-0.25, -0.2) is 15.0 Å². The fourth-order valence-electron chi connectivity index (χ4n) is 2.82. The lowest BCUT2D eigenvalue weighted by molar-refractivity contribution is 0.186. The van der Waals surface area contributed by atoms with E-state index in [4.69, 9.17) is 11.6 Å². The van der Waals surface area contributed by atoms with Crippen molar-refractivity contribution in [2.24, 2.45) is 0 Å². The number of fused-ring (bicyclic) bond motifs is 3. The topological polar surface area (TPSA) is 95.4 Å². The summed E-state index contributed by atoms with van der Waals surface area (Å²) in [5, 5.41) is 12.1. The first-order valence-corrected chi connectivity index (χ1v) is 10.1. The SMILES string of the molecule is Clc1ccnc2[nH]ccc12.On1cc(Br)cc2ccnc1-2.c1cnc2[nH]ccc2c1. The lowest BCUT2D eigenvalue weighted by atomic mass is 10.3. The summed E-state index contributed by atoms with van der Waals surface area (Å²) in [6.45, 7) is 0. The average Bonchev–Trinajstić information content (AvgIpc) is 3.49. The molecule has 30 heavy (non-hydrogen) atoms. The smallest absolute Gasteiger partial charge is 0.175 e. The summed E-state index contributed by atoms with van der Waals surface area (Å²) in [6.07, 6.45) is 10.4. The third-order valence-electron chi connectivity index (χ3n) is 4.19. The Morgan fingerprint density at radius 1 is 0.900 bits per heavy atom. The van der Waals surface area contributed by atoms with E-state index < -0.39 is 0 Å². The van der Waals surface area contributed by atoms with Gasteiger partial charge in [-0.15, -0.1) is 0 Å². The minimum atomic E-state index is 0.577. The minimum Gasteiger partial charge on any atom is -0.427 e. The number of hydrogen-bond donors (Lipinski definition) is 3. The Balaban J connectivity index is 0.000000109. The zero-order valence-corrected chi connectivity index (χ0v) is 17.8. The Bertz CT molecular complexity index is 1330. The molecule has 9 heteroatoms. The molecule has 7 nitrogen and oxygen atoms in total. The molecule has 4 aromatic rings. The van der Waals surface area contributed by atoms with Crippen molar-refractivity contribution in [2.75, 3.05) is 0 Å². The number of nitrogens with zero attached hydrogens (tertiary/aromatic N) is 4. The van der Waals surface area contributed by atoms with Crippen LogP contribution in [0.15, 0.2) is 84.1 Å². The Morgan fingerprint density at radius 3 is 2.50 bits per heavy atom. The molecule has 2 aliphatic heterocycles. The lowest BCUT2D eigenvalue weighted by Gasteiger charge is -2.03. The molecular weight excluding hydrogens is 468 g/mol. The van der Waals surface area contributed by atoms with Crippen LogP contribution >= 0.6 is 27.5 Å². The van der Waals surface area contributed by atoms with Crippen LogP contribution in [0.1, 0.15) is 0 Å². The van der Waals surface area contributed by atoms with Gasteiger partial charge in [-0.2, -0.15) is 4.73 Å². The van der Waals surface area contributed by atoms with Crippen LogP contribution in [0.5, 0.6) is 0 Å². The number of hydrogen-bond acceptors (Lipinski definition) is 4. The maximum absolute atomic E-state index is 9.27. The van der Waals surface area contributed by atoms with Crippen molar-refractivity contribution in [3.63, 3.8) is 0 Å². The van der Waals surface area contributed by atoms with Crippen molar-refractivity contribution in [3.8, 4) is 11.4 Å². The summed E-state index contributed by atoms with van der Waals surface area (Å²) in [7, 11) is 0.